The third-order valence-corrected chi connectivity index (χ3v) is 4.11. The summed E-state index contributed by atoms with van der Waals surface area (Å²) in [6.45, 7) is 7.53. The minimum Gasteiger partial charge on any atom is -0.351 e. The van der Waals surface area contributed by atoms with Crippen LogP contribution < -0.4 is 5.32 Å². The molecule has 2 amide bonds. The van der Waals surface area contributed by atoms with Gasteiger partial charge in [0.1, 0.15) is 11.9 Å². The van der Waals surface area contributed by atoms with Crippen LogP contribution in [0.3, 0.4) is 0 Å². The van der Waals surface area contributed by atoms with Crippen LogP contribution in [-0.4, -0.2) is 41.9 Å². The molecular formula is C17H25N3O3. The highest BCUT2D eigenvalue weighted by molar-refractivity contribution is 6.02. The number of carbonyl (C=O) groups is 3. The Morgan fingerprint density at radius 1 is 1.39 bits per heavy atom. The Hall–Kier alpha value is -2.24. The average Bonchev–Trinajstić information content (AvgIpc) is 2.53. The molecule has 0 aliphatic carbocycles. The molecule has 0 bridgehead atoms. The molecule has 6 heteroatoms. The number of nitrogens with zero attached hydrogens (tertiary/aromatic N) is 2. The van der Waals surface area contributed by atoms with Crippen LogP contribution in [0.2, 0.25) is 0 Å². The van der Waals surface area contributed by atoms with Gasteiger partial charge < -0.3 is 4.90 Å². The van der Waals surface area contributed by atoms with E-state index in [1.807, 2.05) is 13.8 Å². The third kappa shape index (κ3) is 4.61. The van der Waals surface area contributed by atoms with Crippen LogP contribution in [0.15, 0.2) is 27.9 Å². The summed E-state index contributed by atoms with van der Waals surface area (Å²) in [5, 5.41) is 2.34. The van der Waals surface area contributed by atoms with Crippen LogP contribution in [0, 0.1) is 0 Å². The second kappa shape index (κ2) is 8.41. The minimum atomic E-state index is -0.426. The molecule has 1 atom stereocenters. The van der Waals surface area contributed by atoms with Crippen molar-refractivity contribution in [2.75, 3.05) is 7.05 Å². The maximum Gasteiger partial charge on any atom is 0.249 e. The molecule has 0 saturated carbocycles. The largest absolute Gasteiger partial charge is 0.351 e. The predicted octanol–water partition coefficient (Wildman–Crippen LogP) is 1.97. The number of piperidine rings is 1. The Kier molecular flexibility index (Phi) is 6.88. The Bertz CT molecular complexity index is 588. The minimum absolute atomic E-state index is 0.242. The van der Waals surface area contributed by atoms with E-state index in [9.17, 15) is 14.4 Å². The monoisotopic (exact) mass is 319 g/mol. The van der Waals surface area contributed by atoms with E-state index in [4.69, 9.17) is 0 Å². The fourth-order valence-corrected chi connectivity index (χ4v) is 2.35. The number of aldehydes is 1. The van der Waals surface area contributed by atoms with Crippen LogP contribution in [0.25, 0.3) is 0 Å². The summed E-state index contributed by atoms with van der Waals surface area (Å²) in [4.78, 5) is 40.8. The predicted molar refractivity (Wildman–Crippen MR) is 89.9 cm³/mol. The smallest absolute Gasteiger partial charge is 0.249 e. The first-order valence-corrected chi connectivity index (χ1v) is 7.79. The lowest BCUT2D eigenvalue weighted by molar-refractivity contribution is -0.136. The molecule has 0 aromatic rings. The first kappa shape index (κ1) is 18.8. The summed E-state index contributed by atoms with van der Waals surface area (Å²) >= 11 is 0. The maximum atomic E-state index is 12.0. The Morgan fingerprint density at radius 3 is 2.52 bits per heavy atom. The number of imide groups is 1. The molecule has 1 heterocycles. The van der Waals surface area contributed by atoms with Gasteiger partial charge in [0.25, 0.3) is 0 Å². The van der Waals surface area contributed by atoms with E-state index in [0.29, 0.717) is 29.9 Å². The van der Waals surface area contributed by atoms with Crippen LogP contribution in [0.1, 0.15) is 47.0 Å². The molecule has 23 heavy (non-hydrogen) atoms. The van der Waals surface area contributed by atoms with Crippen molar-refractivity contribution in [2.24, 2.45) is 4.99 Å². The molecule has 1 N–H and O–H groups in total. The zero-order valence-electron chi connectivity index (χ0n) is 14.5. The Labute approximate surface area is 137 Å². The first-order valence-electron chi connectivity index (χ1n) is 7.79. The first-order chi connectivity index (χ1) is 10.8. The van der Waals surface area contributed by atoms with Gasteiger partial charge in [-0.3, -0.25) is 19.7 Å². The van der Waals surface area contributed by atoms with E-state index in [1.54, 1.807) is 31.9 Å². The molecule has 1 unspecified atom stereocenters. The SMILES string of the molecule is C/C=C(C=O)\C(N=C(C)N(C)C1CCC(=O)NC1=O)=C(\C)CC. The molecule has 6 nitrogen and oxygen atoms in total. The molecule has 126 valence electrons. The van der Waals surface area contributed by atoms with Crippen molar-refractivity contribution in [2.45, 2.75) is 53.0 Å². The number of likely N-dealkylation sites (N-methyl/N-ethyl adjacent to an activating group) is 1. The molecule has 0 aromatic heterocycles. The lowest BCUT2D eigenvalue weighted by Gasteiger charge is -2.31. The summed E-state index contributed by atoms with van der Waals surface area (Å²) < 4.78 is 0. The molecule has 0 aromatic carbocycles. The number of nitrogens with one attached hydrogen (secondary N) is 1. The van der Waals surface area contributed by atoms with Crippen LogP contribution >= 0.6 is 0 Å². The lowest BCUT2D eigenvalue weighted by Crippen LogP contribution is -2.52. The summed E-state index contributed by atoms with van der Waals surface area (Å²) in [7, 11) is 1.77. The highest BCUT2D eigenvalue weighted by Crippen LogP contribution is 2.19. The number of rotatable bonds is 5. The maximum absolute atomic E-state index is 12.0. The fourth-order valence-electron chi connectivity index (χ4n) is 2.35. The van der Waals surface area contributed by atoms with Gasteiger partial charge in [0.05, 0.1) is 5.70 Å². The second-order valence-corrected chi connectivity index (χ2v) is 5.58. The molecule has 1 aliphatic heterocycles. The van der Waals surface area contributed by atoms with Crippen molar-refractivity contribution in [1.82, 2.24) is 10.2 Å². The van der Waals surface area contributed by atoms with Gasteiger partial charge in [-0.1, -0.05) is 13.0 Å². The van der Waals surface area contributed by atoms with Gasteiger partial charge in [-0.25, -0.2) is 4.99 Å². The van der Waals surface area contributed by atoms with E-state index in [0.717, 1.165) is 18.3 Å². The second-order valence-electron chi connectivity index (χ2n) is 5.58. The molecule has 1 aliphatic rings. The molecule has 1 saturated heterocycles. The quantitative estimate of drug-likeness (QED) is 0.210. The van der Waals surface area contributed by atoms with Crippen molar-refractivity contribution in [3.63, 3.8) is 0 Å². The average molecular weight is 319 g/mol. The number of amidine groups is 1. The highest BCUT2D eigenvalue weighted by atomic mass is 16.2. The van der Waals surface area contributed by atoms with Crippen molar-refractivity contribution in [3.05, 3.63) is 22.9 Å². The Morgan fingerprint density at radius 2 is 2.04 bits per heavy atom. The van der Waals surface area contributed by atoms with E-state index in [1.165, 1.54) is 0 Å². The summed E-state index contributed by atoms with van der Waals surface area (Å²) in [6, 6.07) is -0.426. The van der Waals surface area contributed by atoms with Crippen molar-refractivity contribution < 1.29 is 14.4 Å². The summed E-state index contributed by atoms with van der Waals surface area (Å²) in [5.74, 6) is 0.0787. The normalized spacial score (nSPS) is 20.8. The number of aliphatic imine (C=N–C) groups is 1. The number of allylic oxidation sites excluding steroid dienone is 3. The fraction of sp³-hybridized carbons (Fsp3) is 0.529. The van der Waals surface area contributed by atoms with Gasteiger partial charge in [0.2, 0.25) is 11.8 Å². The highest BCUT2D eigenvalue weighted by Gasteiger charge is 2.30. The van der Waals surface area contributed by atoms with Crippen molar-refractivity contribution >= 4 is 23.9 Å². The van der Waals surface area contributed by atoms with Crippen LogP contribution in [0.4, 0.5) is 0 Å². The van der Waals surface area contributed by atoms with E-state index >= 15 is 0 Å². The summed E-state index contributed by atoms with van der Waals surface area (Å²) in [5.41, 5.74) is 2.17. The van der Waals surface area contributed by atoms with E-state index in [-0.39, 0.29) is 11.8 Å². The van der Waals surface area contributed by atoms with Gasteiger partial charge in [0, 0.05) is 19.0 Å². The van der Waals surface area contributed by atoms with Crippen molar-refractivity contribution in [1.29, 1.82) is 0 Å². The van der Waals surface area contributed by atoms with Gasteiger partial charge in [0.15, 0.2) is 6.29 Å². The number of carbonyl (C=O) groups excluding carboxylic acids is 3. The standard InChI is InChI=1S/C17H25N3O3/c1-6-11(3)16(13(7-2)10-21)18-12(4)20(5)14-8-9-15(22)19-17(14)23/h7,10,14H,6,8-9H2,1-5H3,(H,19,22,23)/b13-7-,16-11+,18-12?. The zero-order valence-corrected chi connectivity index (χ0v) is 14.5. The number of amides is 2. The lowest BCUT2D eigenvalue weighted by atomic mass is 10.0. The van der Waals surface area contributed by atoms with Crippen molar-refractivity contribution in [3.8, 4) is 0 Å². The molecule has 1 fully saturated rings. The molecule has 0 radical (unpaired) electrons. The third-order valence-electron chi connectivity index (χ3n) is 4.11. The van der Waals surface area contributed by atoms with E-state index < -0.39 is 6.04 Å². The molecular weight excluding hydrogens is 294 g/mol. The number of hydrogen-bond donors (Lipinski definition) is 1. The van der Waals surface area contributed by atoms with E-state index in [2.05, 4.69) is 10.3 Å². The Balaban J connectivity index is 3.10. The number of hydrogen-bond acceptors (Lipinski definition) is 4. The topological polar surface area (TPSA) is 78.8 Å². The molecule has 1 rings (SSSR count). The zero-order chi connectivity index (χ0) is 17.6. The van der Waals surface area contributed by atoms with Gasteiger partial charge in [-0.05, 0) is 39.2 Å². The van der Waals surface area contributed by atoms with Gasteiger partial charge in [-0.15, -0.1) is 0 Å². The van der Waals surface area contributed by atoms with Crippen LogP contribution in [0.5, 0.6) is 0 Å². The van der Waals surface area contributed by atoms with Crippen LogP contribution in [-0.2, 0) is 14.4 Å². The van der Waals surface area contributed by atoms with Gasteiger partial charge in [-0.2, -0.15) is 0 Å². The molecule has 0 spiro atoms. The summed E-state index contributed by atoms with van der Waals surface area (Å²) in [6.07, 6.45) is 4.07. The van der Waals surface area contributed by atoms with Gasteiger partial charge >= 0.3 is 0 Å².